The van der Waals surface area contributed by atoms with Gasteiger partial charge in [-0.2, -0.15) is 0 Å². The number of fused-ring (bicyclic) bond motifs is 1. The highest BCUT2D eigenvalue weighted by molar-refractivity contribution is 5.81. The van der Waals surface area contributed by atoms with Crippen molar-refractivity contribution in [2.75, 3.05) is 20.2 Å². The van der Waals surface area contributed by atoms with E-state index in [4.69, 9.17) is 4.74 Å². The molecule has 3 fully saturated rings. The predicted octanol–water partition coefficient (Wildman–Crippen LogP) is 3.34. The van der Waals surface area contributed by atoms with Crippen molar-refractivity contribution in [2.24, 2.45) is 11.8 Å². The minimum atomic E-state index is 0.0855. The maximum Gasteiger partial charge on any atom is 0.133 e. The molecule has 3 nitrogen and oxygen atoms in total. The summed E-state index contributed by atoms with van der Waals surface area (Å²) in [6.07, 6.45) is 7.78. The molecule has 0 amide bonds. The zero-order chi connectivity index (χ0) is 16.3. The van der Waals surface area contributed by atoms with Crippen LogP contribution in [0.3, 0.4) is 0 Å². The number of rotatable bonds is 3. The van der Waals surface area contributed by atoms with Gasteiger partial charge in [-0.25, -0.2) is 0 Å². The molecule has 3 aliphatic carbocycles. The minimum Gasteiger partial charge on any atom is -0.497 e. The molecular formula is C21H27NO2. The highest BCUT2D eigenvalue weighted by Crippen LogP contribution is 2.55. The topological polar surface area (TPSA) is 29.5 Å². The van der Waals surface area contributed by atoms with Crippen LogP contribution in [-0.4, -0.2) is 36.9 Å². The van der Waals surface area contributed by atoms with Crippen LogP contribution < -0.4 is 4.74 Å². The van der Waals surface area contributed by atoms with Crippen LogP contribution in [0.15, 0.2) is 18.2 Å². The van der Waals surface area contributed by atoms with Gasteiger partial charge in [-0.3, -0.25) is 9.69 Å². The molecule has 4 aliphatic rings. The number of hydrogen-bond acceptors (Lipinski definition) is 3. The van der Waals surface area contributed by atoms with Gasteiger partial charge in [0.15, 0.2) is 0 Å². The second-order valence-corrected chi connectivity index (χ2v) is 8.50. The van der Waals surface area contributed by atoms with Gasteiger partial charge in [0.1, 0.15) is 11.5 Å². The van der Waals surface area contributed by atoms with E-state index in [0.717, 1.165) is 43.8 Å². The average Bonchev–Trinajstić information content (AvgIpc) is 3.41. The van der Waals surface area contributed by atoms with E-state index in [1.165, 1.54) is 37.1 Å². The molecule has 5 rings (SSSR count). The second kappa shape index (κ2) is 5.32. The molecule has 3 atom stereocenters. The second-order valence-electron chi connectivity index (χ2n) is 8.50. The summed E-state index contributed by atoms with van der Waals surface area (Å²) in [5.41, 5.74) is 2.98. The van der Waals surface area contributed by atoms with E-state index >= 15 is 0 Å². The first-order valence-corrected chi connectivity index (χ1v) is 9.63. The summed E-state index contributed by atoms with van der Waals surface area (Å²) >= 11 is 0. The van der Waals surface area contributed by atoms with E-state index in [1.54, 1.807) is 7.11 Å². The van der Waals surface area contributed by atoms with Crippen molar-refractivity contribution in [2.45, 2.75) is 56.4 Å². The molecule has 1 saturated heterocycles. The lowest BCUT2D eigenvalue weighted by Gasteiger charge is -2.58. The lowest BCUT2D eigenvalue weighted by atomic mass is 9.52. The molecular weight excluding hydrogens is 298 g/mol. The van der Waals surface area contributed by atoms with Crippen LogP contribution in [0.25, 0.3) is 0 Å². The summed E-state index contributed by atoms with van der Waals surface area (Å²) in [5, 5.41) is 0. The Labute approximate surface area is 144 Å². The highest BCUT2D eigenvalue weighted by Gasteiger charge is 2.55. The molecule has 0 radical (unpaired) electrons. The third-order valence-electron chi connectivity index (χ3n) is 7.21. The number of benzene rings is 1. The van der Waals surface area contributed by atoms with E-state index in [1.807, 2.05) is 0 Å². The summed E-state index contributed by atoms with van der Waals surface area (Å²) in [7, 11) is 1.74. The standard InChI is InChI=1S/C21H27NO2/c1-24-17-6-4-15-10-20-18-7-5-16(23)12-21(18,19(15)11-17)8-9-22(20)13-14-2-3-14/h4,6,11,14,18,20H,2-3,5,7-10,12-13H2,1H3/t18-,20?,21?/m1/s1. The molecule has 1 aromatic rings. The Morgan fingerprint density at radius 1 is 1.29 bits per heavy atom. The maximum atomic E-state index is 12.4. The van der Waals surface area contributed by atoms with E-state index in [9.17, 15) is 4.79 Å². The zero-order valence-electron chi connectivity index (χ0n) is 14.6. The summed E-state index contributed by atoms with van der Waals surface area (Å²) in [6, 6.07) is 7.25. The number of piperidine rings is 1. The maximum absolute atomic E-state index is 12.4. The van der Waals surface area contributed by atoms with Crippen molar-refractivity contribution in [1.82, 2.24) is 4.90 Å². The molecule has 2 bridgehead atoms. The first-order chi connectivity index (χ1) is 11.7. The van der Waals surface area contributed by atoms with Gasteiger partial charge in [-0.05, 0) is 73.7 Å². The number of Topliss-reactive ketones (excluding diaryl/α,β-unsaturated/α-hetero) is 1. The number of carbonyl (C=O) groups is 1. The highest BCUT2D eigenvalue weighted by atomic mass is 16.5. The number of ketones is 1. The molecule has 128 valence electrons. The number of carbonyl (C=O) groups excluding carboxylic acids is 1. The fraction of sp³-hybridized carbons (Fsp3) is 0.667. The Morgan fingerprint density at radius 3 is 2.96 bits per heavy atom. The monoisotopic (exact) mass is 325 g/mol. The summed E-state index contributed by atoms with van der Waals surface area (Å²) in [5.74, 6) is 3.01. The molecule has 0 aromatic heterocycles. The predicted molar refractivity (Wildman–Crippen MR) is 93.4 cm³/mol. The van der Waals surface area contributed by atoms with Crippen LogP contribution >= 0.6 is 0 Å². The molecule has 2 saturated carbocycles. The van der Waals surface area contributed by atoms with Gasteiger partial charge >= 0.3 is 0 Å². The quantitative estimate of drug-likeness (QED) is 0.853. The molecule has 0 N–H and O–H groups in total. The first-order valence-electron chi connectivity index (χ1n) is 9.63. The molecule has 3 heteroatoms. The molecule has 0 spiro atoms. The summed E-state index contributed by atoms with van der Waals surface area (Å²) in [6.45, 7) is 2.46. The van der Waals surface area contributed by atoms with Crippen LogP contribution in [0.4, 0.5) is 0 Å². The molecule has 1 aromatic carbocycles. The van der Waals surface area contributed by atoms with Gasteiger partial charge in [-0.15, -0.1) is 0 Å². The van der Waals surface area contributed by atoms with Crippen molar-refractivity contribution in [1.29, 1.82) is 0 Å². The fourth-order valence-electron chi connectivity index (χ4n) is 5.87. The normalized spacial score (nSPS) is 35.3. The largest absolute Gasteiger partial charge is 0.497 e. The van der Waals surface area contributed by atoms with Crippen LogP contribution in [0.2, 0.25) is 0 Å². The zero-order valence-corrected chi connectivity index (χ0v) is 14.6. The summed E-state index contributed by atoms with van der Waals surface area (Å²) < 4.78 is 5.51. The fourth-order valence-corrected chi connectivity index (χ4v) is 5.87. The van der Waals surface area contributed by atoms with Crippen LogP contribution in [0.5, 0.6) is 5.75 Å². The average molecular weight is 325 g/mol. The van der Waals surface area contributed by atoms with Crippen LogP contribution in [0.1, 0.15) is 49.7 Å². The van der Waals surface area contributed by atoms with Crippen molar-refractivity contribution >= 4 is 5.78 Å². The number of methoxy groups -OCH3 is 1. The lowest BCUT2D eigenvalue weighted by Crippen LogP contribution is -2.62. The molecule has 24 heavy (non-hydrogen) atoms. The Balaban J connectivity index is 1.59. The van der Waals surface area contributed by atoms with Crippen molar-refractivity contribution in [3.63, 3.8) is 0 Å². The van der Waals surface area contributed by atoms with Crippen LogP contribution in [0, 0.1) is 11.8 Å². The smallest absolute Gasteiger partial charge is 0.133 e. The van der Waals surface area contributed by atoms with Gasteiger partial charge < -0.3 is 4.74 Å². The molecule has 1 heterocycles. The first kappa shape index (κ1) is 14.9. The van der Waals surface area contributed by atoms with E-state index < -0.39 is 0 Å². The van der Waals surface area contributed by atoms with Gasteiger partial charge in [0.05, 0.1) is 7.11 Å². The summed E-state index contributed by atoms with van der Waals surface area (Å²) in [4.78, 5) is 15.2. The minimum absolute atomic E-state index is 0.0855. The SMILES string of the molecule is COc1ccc2c(c1)C13CCN(CC4CC4)C(C2)[C@H]1CCC(=O)C3. The Kier molecular flexibility index (Phi) is 3.31. The molecule has 1 aliphatic heterocycles. The number of nitrogens with zero attached hydrogens (tertiary/aromatic N) is 1. The molecule has 2 unspecified atom stereocenters. The van der Waals surface area contributed by atoms with Gasteiger partial charge in [-0.1, -0.05) is 6.07 Å². The van der Waals surface area contributed by atoms with E-state index in [0.29, 0.717) is 17.7 Å². The number of ether oxygens (including phenoxy) is 1. The van der Waals surface area contributed by atoms with Crippen molar-refractivity contribution in [3.05, 3.63) is 29.3 Å². The number of likely N-dealkylation sites (tertiary alicyclic amines) is 1. The number of hydrogen-bond donors (Lipinski definition) is 0. The lowest BCUT2D eigenvalue weighted by molar-refractivity contribution is -0.127. The van der Waals surface area contributed by atoms with Gasteiger partial charge in [0.25, 0.3) is 0 Å². The third kappa shape index (κ3) is 2.17. The van der Waals surface area contributed by atoms with E-state index in [-0.39, 0.29) is 5.41 Å². The Hall–Kier alpha value is -1.35. The van der Waals surface area contributed by atoms with Crippen LogP contribution in [-0.2, 0) is 16.6 Å². The Morgan fingerprint density at radius 2 is 2.17 bits per heavy atom. The Bertz CT molecular complexity index is 680. The van der Waals surface area contributed by atoms with Gasteiger partial charge in [0.2, 0.25) is 0 Å². The van der Waals surface area contributed by atoms with E-state index in [2.05, 4.69) is 23.1 Å². The van der Waals surface area contributed by atoms with Crippen molar-refractivity contribution < 1.29 is 9.53 Å². The van der Waals surface area contributed by atoms with Gasteiger partial charge in [0, 0.05) is 30.8 Å². The van der Waals surface area contributed by atoms with Crippen molar-refractivity contribution in [3.8, 4) is 5.75 Å². The third-order valence-corrected chi connectivity index (χ3v) is 7.21.